The van der Waals surface area contributed by atoms with Crippen molar-refractivity contribution in [1.82, 2.24) is 19.5 Å². The lowest BCUT2D eigenvalue weighted by atomic mass is 10.1. The number of aliphatic hydroxyl groups excluding tert-OH is 1. The molecule has 0 spiro atoms. The van der Waals surface area contributed by atoms with Crippen molar-refractivity contribution in [2.75, 3.05) is 6.61 Å². The van der Waals surface area contributed by atoms with Gasteiger partial charge >= 0.3 is 6.01 Å². The van der Waals surface area contributed by atoms with Crippen LogP contribution in [0.4, 0.5) is 0 Å². The van der Waals surface area contributed by atoms with E-state index in [0.717, 1.165) is 31.5 Å². The van der Waals surface area contributed by atoms with Crippen molar-refractivity contribution < 1.29 is 9.84 Å². The van der Waals surface area contributed by atoms with Gasteiger partial charge in [-0.3, -0.25) is 9.36 Å². The van der Waals surface area contributed by atoms with Gasteiger partial charge in [0, 0.05) is 19.1 Å². The molecule has 0 aliphatic heterocycles. The minimum Gasteiger partial charge on any atom is -0.425 e. The van der Waals surface area contributed by atoms with Crippen molar-refractivity contribution >= 4 is 11.2 Å². The summed E-state index contributed by atoms with van der Waals surface area (Å²) in [5.41, 5.74) is 0.648. The van der Waals surface area contributed by atoms with Gasteiger partial charge in [0.25, 0.3) is 5.56 Å². The molecule has 1 aliphatic rings. The molecule has 2 heterocycles. The summed E-state index contributed by atoms with van der Waals surface area (Å²) in [4.78, 5) is 25.3. The molecule has 2 unspecified atom stereocenters. The third kappa shape index (κ3) is 3.47. The summed E-state index contributed by atoms with van der Waals surface area (Å²) in [5.74, 6) is 1.95. The van der Waals surface area contributed by atoms with E-state index in [2.05, 4.69) is 15.0 Å². The second-order valence-corrected chi connectivity index (χ2v) is 7.15. The molecule has 0 radical (unpaired) electrons. The van der Waals surface area contributed by atoms with Gasteiger partial charge in [0.15, 0.2) is 11.2 Å². The van der Waals surface area contributed by atoms with E-state index in [4.69, 9.17) is 4.74 Å². The van der Waals surface area contributed by atoms with Crippen LogP contribution in [0.15, 0.2) is 35.1 Å². The number of hydrogen-bond acceptors (Lipinski definition) is 5. The largest absolute Gasteiger partial charge is 0.425 e. The number of rotatable bonds is 6. The number of ether oxygens (including phenoxy) is 1. The molecule has 1 saturated carbocycles. The van der Waals surface area contributed by atoms with Crippen LogP contribution in [-0.4, -0.2) is 31.2 Å². The predicted molar refractivity (Wildman–Crippen MR) is 102 cm³/mol. The second-order valence-electron chi connectivity index (χ2n) is 7.15. The first kappa shape index (κ1) is 17.7. The smallest absolute Gasteiger partial charge is 0.306 e. The van der Waals surface area contributed by atoms with Crippen LogP contribution >= 0.6 is 0 Å². The summed E-state index contributed by atoms with van der Waals surface area (Å²) in [7, 11) is 0. The van der Waals surface area contributed by atoms with Gasteiger partial charge < -0.3 is 14.8 Å². The summed E-state index contributed by atoms with van der Waals surface area (Å²) >= 11 is 0. The summed E-state index contributed by atoms with van der Waals surface area (Å²) in [6.07, 6.45) is 3.61. The van der Waals surface area contributed by atoms with Gasteiger partial charge in [-0.05, 0) is 43.7 Å². The van der Waals surface area contributed by atoms with E-state index in [1.807, 2.05) is 37.3 Å². The Bertz CT molecular complexity index is 980. The zero-order chi connectivity index (χ0) is 18.8. The number of nitrogens with one attached hydrogen (secondary N) is 1. The maximum Gasteiger partial charge on any atom is 0.306 e. The van der Waals surface area contributed by atoms with Crippen LogP contribution < -0.4 is 10.3 Å². The van der Waals surface area contributed by atoms with Crippen molar-refractivity contribution in [3.8, 4) is 11.8 Å². The van der Waals surface area contributed by atoms with Crippen LogP contribution in [0, 0.1) is 5.92 Å². The Morgan fingerprint density at radius 3 is 2.78 bits per heavy atom. The summed E-state index contributed by atoms with van der Waals surface area (Å²) < 4.78 is 7.44. The lowest BCUT2D eigenvalue weighted by Crippen LogP contribution is -2.23. The molecule has 7 heteroatoms. The Morgan fingerprint density at radius 1 is 1.26 bits per heavy atom. The third-order valence-electron chi connectivity index (χ3n) is 5.18. The molecule has 0 saturated heterocycles. The topological polar surface area (TPSA) is 93.0 Å². The minimum absolute atomic E-state index is 0.164. The highest BCUT2D eigenvalue weighted by molar-refractivity contribution is 5.70. The van der Waals surface area contributed by atoms with Gasteiger partial charge in [0.2, 0.25) is 0 Å². The molecule has 3 aromatic rings. The quantitative estimate of drug-likeness (QED) is 0.697. The van der Waals surface area contributed by atoms with Crippen molar-refractivity contribution in [2.24, 2.45) is 5.92 Å². The number of fused-ring (bicyclic) bond motifs is 1. The highest BCUT2D eigenvalue weighted by Crippen LogP contribution is 2.37. The molecule has 142 valence electrons. The van der Waals surface area contributed by atoms with E-state index in [1.54, 1.807) is 4.57 Å². The van der Waals surface area contributed by atoms with Crippen LogP contribution in [0.5, 0.6) is 11.8 Å². The zero-order valence-corrected chi connectivity index (χ0v) is 15.4. The molecule has 27 heavy (non-hydrogen) atoms. The molecule has 1 aromatic carbocycles. The first-order chi connectivity index (χ1) is 13.2. The lowest BCUT2D eigenvalue weighted by molar-refractivity contribution is 0.228. The zero-order valence-electron chi connectivity index (χ0n) is 15.4. The van der Waals surface area contributed by atoms with Crippen LogP contribution in [0.25, 0.3) is 11.2 Å². The van der Waals surface area contributed by atoms with E-state index < -0.39 is 0 Å². The van der Waals surface area contributed by atoms with Crippen LogP contribution in [0.3, 0.4) is 0 Å². The maximum absolute atomic E-state index is 13.0. The number of aromatic amines is 1. The van der Waals surface area contributed by atoms with E-state index in [1.165, 1.54) is 0 Å². The minimum atomic E-state index is -0.164. The van der Waals surface area contributed by atoms with Gasteiger partial charge in [-0.1, -0.05) is 25.1 Å². The first-order valence-corrected chi connectivity index (χ1v) is 9.53. The fourth-order valence-corrected chi connectivity index (χ4v) is 3.76. The van der Waals surface area contributed by atoms with E-state index in [9.17, 15) is 9.90 Å². The van der Waals surface area contributed by atoms with Gasteiger partial charge in [-0.25, -0.2) is 4.98 Å². The highest BCUT2D eigenvalue weighted by Gasteiger charge is 2.28. The molecular weight excluding hydrogens is 344 g/mol. The Morgan fingerprint density at radius 2 is 2.07 bits per heavy atom. The second kappa shape index (κ2) is 7.52. The summed E-state index contributed by atoms with van der Waals surface area (Å²) in [6, 6.07) is 9.58. The van der Waals surface area contributed by atoms with E-state index in [0.29, 0.717) is 29.4 Å². The average Bonchev–Trinajstić information content (AvgIpc) is 3.32. The van der Waals surface area contributed by atoms with Crippen molar-refractivity contribution in [2.45, 2.75) is 45.1 Å². The monoisotopic (exact) mass is 368 g/mol. The third-order valence-corrected chi connectivity index (χ3v) is 5.18. The summed E-state index contributed by atoms with van der Waals surface area (Å²) in [6.45, 7) is 2.73. The number of imidazole rings is 1. The van der Waals surface area contributed by atoms with Gasteiger partial charge in [0.05, 0.1) is 0 Å². The summed E-state index contributed by atoms with van der Waals surface area (Å²) in [5, 5.41) is 9.37. The Kier molecular flexibility index (Phi) is 4.94. The molecule has 7 nitrogen and oxygen atoms in total. The van der Waals surface area contributed by atoms with Crippen molar-refractivity contribution in [3.05, 3.63) is 46.5 Å². The highest BCUT2D eigenvalue weighted by atomic mass is 16.5. The number of nitrogens with zero attached hydrogens (tertiary/aromatic N) is 3. The number of aliphatic hydroxyl groups is 1. The Hall–Kier alpha value is -2.67. The van der Waals surface area contributed by atoms with Gasteiger partial charge in [-0.2, -0.15) is 4.98 Å². The SMILES string of the molecule is CCCn1c(Oc2ccccc2)nc2nc(C3CCC(CO)C3)[nH]c2c1=O. The fourth-order valence-electron chi connectivity index (χ4n) is 3.76. The van der Waals surface area contributed by atoms with Crippen LogP contribution in [-0.2, 0) is 6.54 Å². The first-order valence-electron chi connectivity index (χ1n) is 9.53. The molecule has 1 fully saturated rings. The molecule has 0 bridgehead atoms. The molecule has 2 aromatic heterocycles. The molecule has 0 amide bonds. The van der Waals surface area contributed by atoms with E-state index >= 15 is 0 Å². The number of para-hydroxylation sites is 1. The molecular formula is C20H24N4O3. The number of aromatic nitrogens is 4. The number of benzene rings is 1. The molecule has 4 rings (SSSR count). The van der Waals surface area contributed by atoms with Gasteiger partial charge in [0.1, 0.15) is 11.6 Å². The van der Waals surface area contributed by atoms with Crippen LogP contribution in [0.2, 0.25) is 0 Å². The van der Waals surface area contributed by atoms with Crippen molar-refractivity contribution in [1.29, 1.82) is 0 Å². The Balaban J connectivity index is 1.74. The lowest BCUT2D eigenvalue weighted by Gasteiger charge is -2.11. The fraction of sp³-hybridized carbons (Fsp3) is 0.450. The Labute approximate surface area is 157 Å². The predicted octanol–water partition coefficient (Wildman–Crippen LogP) is 3.20. The molecule has 2 N–H and O–H groups in total. The maximum atomic E-state index is 13.0. The van der Waals surface area contributed by atoms with Gasteiger partial charge in [-0.15, -0.1) is 0 Å². The van der Waals surface area contributed by atoms with Crippen molar-refractivity contribution in [3.63, 3.8) is 0 Å². The standard InChI is InChI=1S/C20H24N4O3/c1-2-10-24-19(26)16-18(23-20(24)27-15-6-4-3-5-7-15)22-17(21-16)14-9-8-13(11-14)12-25/h3-7,13-14,25H,2,8-12H2,1H3,(H,21,22). The number of H-pyrrole nitrogens is 1. The molecule has 1 aliphatic carbocycles. The average molecular weight is 368 g/mol. The normalized spacial score (nSPS) is 19.6. The number of hydrogen-bond donors (Lipinski definition) is 2. The molecule has 2 atom stereocenters. The van der Waals surface area contributed by atoms with Crippen LogP contribution in [0.1, 0.15) is 44.3 Å². The van der Waals surface area contributed by atoms with E-state index in [-0.39, 0.29) is 24.1 Å².